The molecule has 6 nitrogen and oxygen atoms in total. The van der Waals surface area contributed by atoms with E-state index in [0.717, 1.165) is 29.2 Å². The Hall–Kier alpha value is -2.34. The zero-order chi connectivity index (χ0) is 16.2. The maximum absolute atomic E-state index is 8.17. The third kappa shape index (κ3) is 2.96. The molecule has 2 N–H and O–H groups in total. The summed E-state index contributed by atoms with van der Waals surface area (Å²) in [6.07, 6.45) is 1.41. The molecule has 2 heterocycles. The molecule has 1 aliphatic rings. The lowest BCUT2D eigenvalue weighted by Gasteiger charge is -2.19. The number of methoxy groups -OCH3 is 1. The molecule has 2 aromatic rings. The van der Waals surface area contributed by atoms with Gasteiger partial charge in [-0.25, -0.2) is 4.68 Å². The SMILES string of the molecule is [2H]C1Cn2ncc(-c3ccc(OC)cc3)c2NC1=NCCNC. The van der Waals surface area contributed by atoms with E-state index in [4.69, 9.17) is 6.11 Å². The molecule has 0 aliphatic carbocycles. The van der Waals surface area contributed by atoms with Gasteiger partial charge in [0.25, 0.3) is 0 Å². The summed E-state index contributed by atoms with van der Waals surface area (Å²) in [5, 5.41) is 10.7. The van der Waals surface area contributed by atoms with Crippen LogP contribution >= 0.6 is 0 Å². The first-order chi connectivity index (χ1) is 11.2. The summed E-state index contributed by atoms with van der Waals surface area (Å²) in [7, 11) is 3.55. The van der Waals surface area contributed by atoms with Crippen molar-refractivity contribution in [1.29, 1.82) is 0 Å². The molecular formula is C16H21N5O. The van der Waals surface area contributed by atoms with Crippen LogP contribution in [0, 0.1) is 0 Å². The zero-order valence-corrected chi connectivity index (χ0v) is 12.8. The van der Waals surface area contributed by atoms with Crippen LogP contribution in [0.4, 0.5) is 5.82 Å². The highest BCUT2D eigenvalue weighted by molar-refractivity contribution is 5.99. The molecule has 1 aliphatic heterocycles. The number of aryl methyl sites for hydroxylation is 1. The molecule has 22 heavy (non-hydrogen) atoms. The zero-order valence-electron chi connectivity index (χ0n) is 13.8. The minimum absolute atomic E-state index is 0.414. The van der Waals surface area contributed by atoms with Gasteiger partial charge >= 0.3 is 0 Å². The maximum atomic E-state index is 8.17. The molecule has 0 bridgehead atoms. The fourth-order valence-corrected chi connectivity index (χ4v) is 2.37. The minimum atomic E-state index is -0.414. The molecule has 6 heteroatoms. The predicted octanol–water partition coefficient (Wildman–Crippen LogP) is 1.99. The number of likely N-dealkylation sites (N-methyl/N-ethyl adjacent to an activating group) is 1. The topological polar surface area (TPSA) is 63.5 Å². The van der Waals surface area contributed by atoms with Gasteiger partial charge in [-0.1, -0.05) is 12.1 Å². The van der Waals surface area contributed by atoms with Gasteiger partial charge in [-0.3, -0.25) is 4.99 Å². The standard InChI is InChI=1S/C16H21N5O/c1-17-8-9-18-15-7-10-21-16(20-15)14(11-19-21)12-3-5-13(22-2)6-4-12/h3-6,11,17H,7-10H2,1-2H3,(H,18,20)/i7D. The molecule has 0 saturated heterocycles. The monoisotopic (exact) mass is 300 g/mol. The molecule has 116 valence electrons. The number of ether oxygens (including phenoxy) is 1. The molecule has 3 rings (SSSR count). The first-order valence-electron chi connectivity index (χ1n) is 7.89. The van der Waals surface area contributed by atoms with Crippen LogP contribution < -0.4 is 15.4 Å². The van der Waals surface area contributed by atoms with E-state index in [-0.39, 0.29) is 0 Å². The highest BCUT2D eigenvalue weighted by Gasteiger charge is 2.18. The Kier molecular flexibility index (Phi) is 4.01. The van der Waals surface area contributed by atoms with Crippen LogP contribution in [0.2, 0.25) is 0 Å². The molecule has 0 radical (unpaired) electrons. The molecule has 0 saturated carbocycles. The molecule has 0 fully saturated rings. The van der Waals surface area contributed by atoms with E-state index < -0.39 is 6.40 Å². The van der Waals surface area contributed by atoms with Crippen LogP contribution in [0.5, 0.6) is 5.75 Å². The number of aromatic nitrogens is 2. The van der Waals surface area contributed by atoms with Gasteiger partial charge in [-0.2, -0.15) is 5.10 Å². The number of nitrogens with zero attached hydrogens (tertiary/aromatic N) is 3. The Labute approximate surface area is 131 Å². The van der Waals surface area contributed by atoms with E-state index in [0.29, 0.717) is 18.9 Å². The van der Waals surface area contributed by atoms with E-state index >= 15 is 0 Å². The smallest absolute Gasteiger partial charge is 0.137 e. The second-order valence-corrected chi connectivity index (χ2v) is 5.02. The van der Waals surface area contributed by atoms with Crippen LogP contribution in [0.15, 0.2) is 35.5 Å². The largest absolute Gasteiger partial charge is 0.497 e. The number of hydrogen-bond donors (Lipinski definition) is 2. The summed E-state index contributed by atoms with van der Waals surface area (Å²) >= 11 is 0. The van der Waals surface area contributed by atoms with Crippen molar-refractivity contribution in [3.05, 3.63) is 30.5 Å². The molecule has 1 aromatic carbocycles. The number of benzene rings is 1. The number of anilines is 1. The van der Waals surface area contributed by atoms with Crippen LogP contribution in [0.3, 0.4) is 0 Å². The fourth-order valence-electron chi connectivity index (χ4n) is 2.37. The highest BCUT2D eigenvalue weighted by Crippen LogP contribution is 2.31. The minimum Gasteiger partial charge on any atom is -0.497 e. The third-order valence-electron chi connectivity index (χ3n) is 3.59. The van der Waals surface area contributed by atoms with Crippen molar-refractivity contribution in [2.75, 3.05) is 32.6 Å². The first kappa shape index (κ1) is 13.3. The van der Waals surface area contributed by atoms with E-state index in [1.165, 1.54) is 0 Å². The van der Waals surface area contributed by atoms with Gasteiger partial charge in [0.2, 0.25) is 0 Å². The lowest BCUT2D eigenvalue weighted by Crippen LogP contribution is -2.25. The van der Waals surface area contributed by atoms with Gasteiger partial charge in [0, 0.05) is 19.9 Å². The van der Waals surface area contributed by atoms with Crippen molar-refractivity contribution in [3.63, 3.8) is 0 Å². The summed E-state index contributed by atoms with van der Waals surface area (Å²) in [5.41, 5.74) is 2.05. The van der Waals surface area contributed by atoms with Gasteiger partial charge in [0.05, 0.1) is 26.4 Å². The normalized spacial score (nSPS) is 19.5. The number of amidine groups is 1. The first-order valence-corrected chi connectivity index (χ1v) is 7.31. The van der Waals surface area contributed by atoms with Crippen LogP contribution in [0.1, 0.15) is 7.77 Å². The van der Waals surface area contributed by atoms with Gasteiger partial charge < -0.3 is 15.4 Å². The van der Waals surface area contributed by atoms with Gasteiger partial charge in [0.15, 0.2) is 0 Å². The number of fused-ring (bicyclic) bond motifs is 1. The van der Waals surface area contributed by atoms with Crippen molar-refractivity contribution >= 4 is 11.7 Å². The second-order valence-electron chi connectivity index (χ2n) is 5.02. The Morgan fingerprint density at radius 2 is 2.27 bits per heavy atom. The average molecular weight is 300 g/mol. The molecule has 0 spiro atoms. The van der Waals surface area contributed by atoms with Gasteiger partial charge in [0.1, 0.15) is 17.4 Å². The number of rotatable bonds is 5. The summed E-state index contributed by atoms with van der Waals surface area (Å²) in [6, 6.07) is 7.86. The summed E-state index contributed by atoms with van der Waals surface area (Å²) in [5.74, 6) is 2.41. The van der Waals surface area contributed by atoms with E-state index in [9.17, 15) is 0 Å². The van der Waals surface area contributed by atoms with Crippen molar-refractivity contribution in [1.82, 2.24) is 15.1 Å². The maximum Gasteiger partial charge on any atom is 0.137 e. The highest BCUT2D eigenvalue weighted by atomic mass is 16.5. The number of nitrogens with one attached hydrogen (secondary N) is 2. The number of aliphatic imine (C=N–C) groups is 1. The van der Waals surface area contributed by atoms with Gasteiger partial charge in [-0.05, 0) is 24.7 Å². The van der Waals surface area contributed by atoms with Crippen molar-refractivity contribution in [3.8, 4) is 16.9 Å². The number of hydrogen-bond acceptors (Lipinski definition) is 4. The van der Waals surface area contributed by atoms with Crippen LogP contribution in [-0.4, -0.2) is 42.9 Å². The third-order valence-corrected chi connectivity index (χ3v) is 3.59. The Balaban J connectivity index is 1.88. The van der Waals surface area contributed by atoms with Gasteiger partial charge in [-0.15, -0.1) is 0 Å². The average Bonchev–Trinajstić information content (AvgIpc) is 2.98. The van der Waals surface area contributed by atoms with E-state index in [1.807, 2.05) is 42.2 Å². The summed E-state index contributed by atoms with van der Waals surface area (Å²) in [4.78, 5) is 4.49. The van der Waals surface area contributed by atoms with Crippen LogP contribution in [0.25, 0.3) is 11.1 Å². The summed E-state index contributed by atoms with van der Waals surface area (Å²) in [6.45, 7) is 1.96. The molecule has 0 amide bonds. The van der Waals surface area contributed by atoms with Crippen molar-refractivity contribution < 1.29 is 6.11 Å². The fraction of sp³-hybridized carbons (Fsp3) is 0.375. The molecular weight excluding hydrogens is 278 g/mol. The predicted molar refractivity (Wildman–Crippen MR) is 88.7 cm³/mol. The van der Waals surface area contributed by atoms with E-state index in [1.54, 1.807) is 7.11 Å². The molecule has 1 unspecified atom stereocenters. The second kappa shape index (κ2) is 6.62. The van der Waals surface area contributed by atoms with Crippen LogP contribution in [-0.2, 0) is 6.54 Å². The van der Waals surface area contributed by atoms with E-state index in [2.05, 4.69) is 20.7 Å². The Morgan fingerprint density at radius 3 is 3.00 bits per heavy atom. The van der Waals surface area contributed by atoms with Crippen molar-refractivity contribution in [2.24, 2.45) is 4.99 Å². The quantitative estimate of drug-likeness (QED) is 0.829. The molecule has 1 atom stereocenters. The lowest BCUT2D eigenvalue weighted by atomic mass is 10.1. The Bertz CT molecular complexity index is 695. The Morgan fingerprint density at radius 1 is 1.45 bits per heavy atom. The molecule has 1 aromatic heterocycles. The lowest BCUT2D eigenvalue weighted by molar-refractivity contribution is 0.415. The summed E-state index contributed by atoms with van der Waals surface area (Å²) < 4.78 is 15.2. The van der Waals surface area contributed by atoms with Crippen molar-refractivity contribution in [2.45, 2.75) is 12.9 Å².